The number of nitro benzene ring substituents is 1. The molecule has 4 rings (SSSR count). The highest BCUT2D eigenvalue weighted by atomic mass is 16.6. The summed E-state index contributed by atoms with van der Waals surface area (Å²) in [4.78, 5) is 49.2. The number of hydrogen-bond acceptors (Lipinski definition) is 6. The Morgan fingerprint density at radius 1 is 0.862 bits per heavy atom. The van der Waals surface area contributed by atoms with Crippen LogP contribution in [0.3, 0.4) is 0 Å². The molecule has 0 atom stereocenters. The first-order valence-corrected chi connectivity index (χ1v) is 8.56. The molecule has 0 fully saturated rings. The number of nitrogens with one attached hydrogen (secondary N) is 1. The number of anilines is 2. The van der Waals surface area contributed by atoms with Gasteiger partial charge < -0.3 is 11.1 Å². The van der Waals surface area contributed by atoms with E-state index in [1.54, 1.807) is 12.1 Å². The molecular formula is C21H13N3O5. The molecule has 1 aliphatic carbocycles. The molecule has 1 aliphatic rings. The van der Waals surface area contributed by atoms with E-state index in [1.807, 2.05) is 0 Å². The summed E-state index contributed by atoms with van der Waals surface area (Å²) in [6, 6.07) is 14.6. The van der Waals surface area contributed by atoms with Crippen molar-refractivity contribution in [1.82, 2.24) is 0 Å². The molecule has 0 aromatic heterocycles. The second-order valence-electron chi connectivity index (χ2n) is 6.38. The first-order chi connectivity index (χ1) is 13.9. The summed E-state index contributed by atoms with van der Waals surface area (Å²) in [7, 11) is 0. The molecule has 0 bridgehead atoms. The Kier molecular flexibility index (Phi) is 4.16. The number of nitro groups is 1. The fourth-order valence-corrected chi connectivity index (χ4v) is 3.37. The minimum absolute atomic E-state index is 0.00839. The minimum Gasteiger partial charge on any atom is -0.398 e. The SMILES string of the molecule is Nc1ccc(NC(=O)c2ccccc2[N+](=O)[O-])c2c1C(=O)c1ccccc1C2=O. The Balaban J connectivity index is 1.82. The van der Waals surface area contributed by atoms with Crippen LogP contribution in [0.2, 0.25) is 0 Å². The molecule has 29 heavy (non-hydrogen) atoms. The van der Waals surface area contributed by atoms with Crippen LogP contribution >= 0.6 is 0 Å². The lowest BCUT2D eigenvalue weighted by atomic mass is 9.82. The molecular weight excluding hydrogens is 374 g/mol. The van der Waals surface area contributed by atoms with Crippen molar-refractivity contribution < 1.29 is 19.3 Å². The van der Waals surface area contributed by atoms with Crippen LogP contribution in [0.4, 0.5) is 17.1 Å². The van der Waals surface area contributed by atoms with Gasteiger partial charge in [-0.1, -0.05) is 36.4 Å². The van der Waals surface area contributed by atoms with Crippen LogP contribution in [0.15, 0.2) is 60.7 Å². The summed E-state index contributed by atoms with van der Waals surface area (Å²) in [5.41, 5.74) is 6.00. The zero-order valence-electron chi connectivity index (χ0n) is 14.8. The minimum atomic E-state index is -0.775. The zero-order chi connectivity index (χ0) is 20.7. The normalized spacial score (nSPS) is 12.1. The first-order valence-electron chi connectivity index (χ1n) is 8.56. The second-order valence-corrected chi connectivity index (χ2v) is 6.38. The van der Waals surface area contributed by atoms with Gasteiger partial charge in [0, 0.05) is 22.9 Å². The van der Waals surface area contributed by atoms with E-state index in [-0.39, 0.29) is 44.9 Å². The lowest BCUT2D eigenvalue weighted by molar-refractivity contribution is -0.385. The van der Waals surface area contributed by atoms with Gasteiger partial charge in [0.1, 0.15) is 5.56 Å². The number of fused-ring (bicyclic) bond motifs is 2. The van der Waals surface area contributed by atoms with Crippen molar-refractivity contribution in [1.29, 1.82) is 0 Å². The van der Waals surface area contributed by atoms with E-state index in [9.17, 15) is 24.5 Å². The van der Waals surface area contributed by atoms with Gasteiger partial charge in [0.2, 0.25) is 0 Å². The van der Waals surface area contributed by atoms with Crippen LogP contribution in [0.5, 0.6) is 0 Å². The van der Waals surface area contributed by atoms with Gasteiger partial charge in [-0.2, -0.15) is 0 Å². The van der Waals surface area contributed by atoms with Crippen molar-refractivity contribution in [2.24, 2.45) is 0 Å². The number of rotatable bonds is 3. The van der Waals surface area contributed by atoms with E-state index >= 15 is 0 Å². The molecule has 0 radical (unpaired) electrons. The third kappa shape index (κ3) is 2.83. The smallest absolute Gasteiger partial charge is 0.282 e. The molecule has 8 heteroatoms. The highest BCUT2D eigenvalue weighted by Crippen LogP contribution is 2.35. The van der Waals surface area contributed by atoms with Crippen LogP contribution in [0.25, 0.3) is 0 Å². The third-order valence-electron chi connectivity index (χ3n) is 4.70. The number of nitrogens with two attached hydrogens (primary N) is 1. The van der Waals surface area contributed by atoms with Crippen LogP contribution in [-0.2, 0) is 0 Å². The molecule has 3 N–H and O–H groups in total. The molecule has 0 unspecified atom stereocenters. The van der Waals surface area contributed by atoms with Gasteiger partial charge in [0.05, 0.1) is 21.7 Å². The molecule has 8 nitrogen and oxygen atoms in total. The Morgan fingerprint density at radius 3 is 2.10 bits per heavy atom. The van der Waals surface area contributed by atoms with Gasteiger partial charge in [-0.3, -0.25) is 24.5 Å². The zero-order valence-corrected chi connectivity index (χ0v) is 14.8. The van der Waals surface area contributed by atoms with E-state index in [1.165, 1.54) is 48.5 Å². The van der Waals surface area contributed by atoms with E-state index in [4.69, 9.17) is 5.73 Å². The Bertz CT molecular complexity index is 1230. The Hall–Kier alpha value is -4.33. The van der Waals surface area contributed by atoms with Crippen LogP contribution in [-0.4, -0.2) is 22.4 Å². The van der Waals surface area contributed by atoms with E-state index in [0.717, 1.165) is 0 Å². The largest absolute Gasteiger partial charge is 0.398 e. The van der Waals surface area contributed by atoms with Crippen molar-refractivity contribution in [2.75, 3.05) is 11.1 Å². The van der Waals surface area contributed by atoms with Crippen LogP contribution in [0.1, 0.15) is 42.2 Å². The predicted molar refractivity (Wildman–Crippen MR) is 105 cm³/mol. The van der Waals surface area contributed by atoms with Crippen molar-refractivity contribution in [3.63, 3.8) is 0 Å². The van der Waals surface area contributed by atoms with Crippen molar-refractivity contribution in [3.8, 4) is 0 Å². The van der Waals surface area contributed by atoms with Gasteiger partial charge >= 0.3 is 0 Å². The summed E-state index contributed by atoms with van der Waals surface area (Å²) in [6.45, 7) is 0. The predicted octanol–water partition coefficient (Wildman–Crippen LogP) is 3.20. The summed E-state index contributed by atoms with van der Waals surface area (Å²) < 4.78 is 0. The molecule has 3 aromatic carbocycles. The summed E-state index contributed by atoms with van der Waals surface area (Å²) in [5.74, 6) is -1.65. The molecule has 1 amide bonds. The average molecular weight is 387 g/mol. The van der Waals surface area contributed by atoms with Gasteiger partial charge in [0.15, 0.2) is 11.6 Å². The summed E-state index contributed by atoms with van der Waals surface area (Å²) in [6.07, 6.45) is 0. The molecule has 0 spiro atoms. The second kappa shape index (κ2) is 6.68. The van der Waals surface area contributed by atoms with Crippen LogP contribution < -0.4 is 11.1 Å². The Morgan fingerprint density at radius 2 is 1.45 bits per heavy atom. The average Bonchev–Trinajstić information content (AvgIpc) is 2.73. The van der Waals surface area contributed by atoms with Crippen LogP contribution in [0, 0.1) is 10.1 Å². The molecule has 142 valence electrons. The van der Waals surface area contributed by atoms with Gasteiger partial charge in [0.25, 0.3) is 11.6 Å². The summed E-state index contributed by atoms with van der Waals surface area (Å²) >= 11 is 0. The van der Waals surface area contributed by atoms with Crippen molar-refractivity contribution in [2.45, 2.75) is 0 Å². The number of carbonyl (C=O) groups is 3. The monoisotopic (exact) mass is 387 g/mol. The maximum atomic E-state index is 13.1. The molecule has 0 heterocycles. The van der Waals surface area contributed by atoms with E-state index in [2.05, 4.69) is 5.32 Å². The number of benzene rings is 3. The van der Waals surface area contributed by atoms with E-state index in [0.29, 0.717) is 0 Å². The number of para-hydroxylation sites is 1. The number of carbonyl (C=O) groups excluding carboxylic acids is 3. The van der Waals surface area contributed by atoms with Gasteiger partial charge in [-0.25, -0.2) is 0 Å². The molecule has 3 aromatic rings. The third-order valence-corrected chi connectivity index (χ3v) is 4.70. The molecule has 0 aliphatic heterocycles. The Labute approximate surface area is 164 Å². The lowest BCUT2D eigenvalue weighted by Gasteiger charge is -2.21. The fraction of sp³-hybridized carbons (Fsp3) is 0. The number of nitrogens with zero attached hydrogens (tertiary/aromatic N) is 1. The number of hydrogen-bond donors (Lipinski definition) is 2. The topological polar surface area (TPSA) is 132 Å². The highest BCUT2D eigenvalue weighted by molar-refractivity contribution is 6.32. The number of amides is 1. The maximum Gasteiger partial charge on any atom is 0.282 e. The van der Waals surface area contributed by atoms with Gasteiger partial charge in [-0.05, 0) is 18.2 Å². The summed E-state index contributed by atoms with van der Waals surface area (Å²) in [5, 5.41) is 13.7. The maximum absolute atomic E-state index is 13.1. The molecule has 0 saturated heterocycles. The van der Waals surface area contributed by atoms with E-state index < -0.39 is 22.4 Å². The van der Waals surface area contributed by atoms with Gasteiger partial charge in [-0.15, -0.1) is 0 Å². The van der Waals surface area contributed by atoms with Crippen molar-refractivity contribution >= 4 is 34.5 Å². The number of nitrogen functional groups attached to an aromatic ring is 1. The number of ketones is 2. The highest BCUT2D eigenvalue weighted by Gasteiger charge is 2.34. The first kappa shape index (κ1) is 18.1. The fourth-order valence-electron chi connectivity index (χ4n) is 3.37. The quantitative estimate of drug-likeness (QED) is 0.315. The molecule has 0 saturated carbocycles. The standard InChI is InChI=1S/C21H13N3O5/c22-14-9-10-15(23-21(27)13-7-3-4-8-16(13)24(28)29)18-17(14)19(25)11-5-1-2-6-12(11)20(18)26/h1-10H,22H2,(H,23,27). The van der Waals surface area contributed by atoms with Crippen molar-refractivity contribution in [3.05, 3.63) is 98.6 Å². The lowest BCUT2D eigenvalue weighted by Crippen LogP contribution is -2.25.